The maximum absolute atomic E-state index is 14.2. The minimum absolute atomic E-state index is 0.0336. The Morgan fingerprint density at radius 2 is 1.84 bits per heavy atom. The SMILES string of the molecule is CC1CCN(C(=O)Cn2cc(S(=O)(=O)Cc3c(F)cccc3Cl)c3ccccc32)CC1. The van der Waals surface area contributed by atoms with E-state index >= 15 is 0 Å². The molecule has 0 saturated carbocycles. The molecule has 1 saturated heterocycles. The predicted octanol–water partition coefficient (Wildman–Crippen LogP) is 4.67. The van der Waals surface area contributed by atoms with E-state index in [4.69, 9.17) is 11.6 Å². The lowest BCUT2D eigenvalue weighted by atomic mass is 9.99. The highest BCUT2D eigenvalue weighted by Crippen LogP contribution is 2.30. The van der Waals surface area contributed by atoms with Gasteiger partial charge in [0.15, 0.2) is 9.84 Å². The van der Waals surface area contributed by atoms with Gasteiger partial charge in [0.2, 0.25) is 5.91 Å². The quantitative estimate of drug-likeness (QED) is 0.553. The summed E-state index contributed by atoms with van der Waals surface area (Å²) >= 11 is 6.05. The van der Waals surface area contributed by atoms with Crippen molar-refractivity contribution >= 4 is 38.2 Å². The van der Waals surface area contributed by atoms with Gasteiger partial charge in [-0.15, -0.1) is 0 Å². The summed E-state index contributed by atoms with van der Waals surface area (Å²) < 4.78 is 42.3. The molecule has 2 heterocycles. The number of benzene rings is 2. The van der Waals surface area contributed by atoms with Crippen LogP contribution in [-0.4, -0.2) is 36.9 Å². The molecule has 0 unspecified atom stereocenters. The summed E-state index contributed by atoms with van der Waals surface area (Å²) in [7, 11) is -3.90. The topological polar surface area (TPSA) is 59.4 Å². The van der Waals surface area contributed by atoms with Crippen LogP contribution in [0, 0.1) is 11.7 Å². The number of carbonyl (C=O) groups is 1. The van der Waals surface area contributed by atoms with Gasteiger partial charge in [0, 0.05) is 40.8 Å². The lowest BCUT2D eigenvalue weighted by molar-refractivity contribution is -0.133. The zero-order chi connectivity index (χ0) is 22.2. The molecule has 0 bridgehead atoms. The highest BCUT2D eigenvalue weighted by Gasteiger charge is 2.26. The molecule has 2 aromatic carbocycles. The molecule has 1 fully saturated rings. The Kier molecular flexibility index (Phi) is 6.08. The number of hydrogen-bond acceptors (Lipinski definition) is 3. The van der Waals surface area contributed by atoms with E-state index in [9.17, 15) is 17.6 Å². The second kappa shape index (κ2) is 8.63. The minimum Gasteiger partial charge on any atom is -0.341 e. The Morgan fingerprint density at radius 3 is 2.55 bits per heavy atom. The first-order valence-electron chi connectivity index (χ1n) is 10.3. The number of fused-ring (bicyclic) bond motifs is 1. The van der Waals surface area contributed by atoms with Crippen LogP contribution in [0.15, 0.2) is 53.6 Å². The number of amides is 1. The summed E-state index contributed by atoms with van der Waals surface area (Å²) in [5, 5.41) is 0.580. The van der Waals surface area contributed by atoms with Crippen LogP contribution in [0.25, 0.3) is 10.9 Å². The fourth-order valence-electron chi connectivity index (χ4n) is 4.03. The van der Waals surface area contributed by atoms with Crippen molar-refractivity contribution in [2.24, 2.45) is 5.92 Å². The predicted molar refractivity (Wildman–Crippen MR) is 119 cm³/mol. The zero-order valence-corrected chi connectivity index (χ0v) is 18.8. The molecule has 1 aromatic heterocycles. The molecule has 164 valence electrons. The second-order valence-corrected chi connectivity index (χ2v) is 10.5. The van der Waals surface area contributed by atoms with Crippen LogP contribution >= 0.6 is 11.6 Å². The van der Waals surface area contributed by atoms with Gasteiger partial charge in [0.05, 0.1) is 10.6 Å². The monoisotopic (exact) mass is 462 g/mol. The smallest absolute Gasteiger partial charge is 0.242 e. The van der Waals surface area contributed by atoms with Crippen molar-refractivity contribution in [1.29, 1.82) is 0 Å². The third kappa shape index (κ3) is 4.48. The van der Waals surface area contributed by atoms with Crippen molar-refractivity contribution in [2.45, 2.75) is 37.0 Å². The lowest BCUT2D eigenvalue weighted by Gasteiger charge is -2.30. The van der Waals surface area contributed by atoms with Crippen LogP contribution in [0.2, 0.25) is 5.02 Å². The van der Waals surface area contributed by atoms with E-state index in [1.807, 2.05) is 4.90 Å². The maximum atomic E-state index is 14.2. The average Bonchev–Trinajstić information content (AvgIpc) is 3.11. The van der Waals surface area contributed by atoms with Crippen LogP contribution in [0.1, 0.15) is 25.3 Å². The molecular formula is C23H24ClFN2O3S. The van der Waals surface area contributed by atoms with E-state index in [0.29, 0.717) is 16.8 Å². The Balaban J connectivity index is 1.67. The number of hydrogen-bond donors (Lipinski definition) is 0. The van der Waals surface area contributed by atoms with Crippen LogP contribution < -0.4 is 0 Å². The number of nitrogens with zero attached hydrogens (tertiary/aromatic N) is 2. The summed E-state index contributed by atoms with van der Waals surface area (Å²) in [5.41, 5.74) is 0.596. The van der Waals surface area contributed by atoms with Crippen molar-refractivity contribution in [3.05, 3.63) is 65.1 Å². The average molecular weight is 463 g/mol. The van der Waals surface area contributed by atoms with E-state index < -0.39 is 21.4 Å². The van der Waals surface area contributed by atoms with E-state index in [1.54, 1.807) is 28.8 Å². The first kappa shape index (κ1) is 21.8. The number of sulfone groups is 1. The number of rotatable bonds is 5. The molecule has 8 heteroatoms. The molecule has 1 aliphatic rings. The number of carbonyl (C=O) groups excluding carboxylic acids is 1. The minimum atomic E-state index is -3.90. The normalized spacial score (nSPS) is 15.5. The fraction of sp³-hybridized carbons (Fsp3) is 0.348. The van der Waals surface area contributed by atoms with Crippen molar-refractivity contribution in [3.63, 3.8) is 0 Å². The van der Waals surface area contributed by atoms with Crippen molar-refractivity contribution in [1.82, 2.24) is 9.47 Å². The van der Waals surface area contributed by atoms with E-state index in [-0.39, 0.29) is 27.9 Å². The first-order chi connectivity index (χ1) is 14.8. The summed E-state index contributed by atoms with van der Waals surface area (Å²) in [5.74, 6) is -0.633. The zero-order valence-electron chi connectivity index (χ0n) is 17.2. The number of likely N-dealkylation sites (tertiary alicyclic amines) is 1. The molecule has 31 heavy (non-hydrogen) atoms. The second-order valence-electron chi connectivity index (χ2n) is 8.16. The third-order valence-electron chi connectivity index (χ3n) is 5.93. The Bertz CT molecular complexity index is 1210. The summed E-state index contributed by atoms with van der Waals surface area (Å²) in [4.78, 5) is 14.8. The standard InChI is InChI=1S/C23H24ClFN2O3S/c1-16-9-11-26(12-10-16)23(28)14-27-13-22(17-5-2-3-8-21(17)27)31(29,30)15-18-19(24)6-4-7-20(18)25/h2-8,13,16H,9-12,14-15H2,1H3. The molecular weight excluding hydrogens is 439 g/mol. The summed E-state index contributed by atoms with van der Waals surface area (Å²) in [6.45, 7) is 3.68. The van der Waals surface area contributed by atoms with Gasteiger partial charge in [-0.05, 0) is 37.0 Å². The van der Waals surface area contributed by atoms with Crippen LogP contribution in [0.5, 0.6) is 0 Å². The molecule has 3 aromatic rings. The Labute approximate surface area is 186 Å². The van der Waals surface area contributed by atoms with Crippen LogP contribution in [0.4, 0.5) is 4.39 Å². The Hall–Kier alpha value is -2.38. The molecule has 0 atom stereocenters. The van der Waals surface area contributed by atoms with Gasteiger partial charge in [-0.3, -0.25) is 4.79 Å². The third-order valence-corrected chi connectivity index (χ3v) is 7.94. The van der Waals surface area contributed by atoms with Gasteiger partial charge in [0.25, 0.3) is 0 Å². The number of aromatic nitrogens is 1. The summed E-state index contributed by atoms with van der Waals surface area (Å²) in [6.07, 6.45) is 3.43. The molecule has 5 nitrogen and oxygen atoms in total. The molecule has 0 N–H and O–H groups in total. The van der Waals surface area contributed by atoms with Crippen LogP contribution in [0.3, 0.4) is 0 Å². The fourth-order valence-corrected chi connectivity index (χ4v) is 5.97. The van der Waals surface area contributed by atoms with Gasteiger partial charge in [-0.1, -0.05) is 42.8 Å². The molecule has 1 amide bonds. The highest BCUT2D eigenvalue weighted by atomic mass is 35.5. The molecule has 4 rings (SSSR count). The molecule has 0 radical (unpaired) electrons. The van der Waals surface area contributed by atoms with E-state index in [1.165, 1.54) is 24.4 Å². The highest BCUT2D eigenvalue weighted by molar-refractivity contribution is 7.90. The van der Waals surface area contributed by atoms with Crippen molar-refractivity contribution < 1.29 is 17.6 Å². The van der Waals surface area contributed by atoms with Gasteiger partial charge in [-0.2, -0.15) is 0 Å². The van der Waals surface area contributed by atoms with Gasteiger partial charge in [0.1, 0.15) is 12.4 Å². The van der Waals surface area contributed by atoms with Gasteiger partial charge in [-0.25, -0.2) is 12.8 Å². The van der Waals surface area contributed by atoms with E-state index in [0.717, 1.165) is 25.9 Å². The largest absolute Gasteiger partial charge is 0.341 e. The van der Waals surface area contributed by atoms with E-state index in [2.05, 4.69) is 6.92 Å². The number of piperidine rings is 1. The molecule has 1 aliphatic heterocycles. The van der Waals surface area contributed by atoms with Gasteiger partial charge >= 0.3 is 0 Å². The van der Waals surface area contributed by atoms with Crippen molar-refractivity contribution in [3.8, 4) is 0 Å². The number of halogens is 2. The Morgan fingerprint density at radius 1 is 1.13 bits per heavy atom. The molecule has 0 aliphatic carbocycles. The van der Waals surface area contributed by atoms with Crippen LogP contribution in [-0.2, 0) is 26.9 Å². The maximum Gasteiger partial charge on any atom is 0.242 e. The van der Waals surface area contributed by atoms with Crippen molar-refractivity contribution in [2.75, 3.05) is 13.1 Å². The van der Waals surface area contributed by atoms with Gasteiger partial charge < -0.3 is 9.47 Å². The number of para-hydroxylation sites is 1. The lowest BCUT2D eigenvalue weighted by Crippen LogP contribution is -2.39. The first-order valence-corrected chi connectivity index (χ1v) is 12.3. The summed E-state index contributed by atoms with van der Waals surface area (Å²) in [6, 6.07) is 11.1. The molecule has 0 spiro atoms.